The molecule has 0 bridgehead atoms. The van der Waals surface area contributed by atoms with Crippen LogP contribution in [0.3, 0.4) is 0 Å². The molecule has 1 aliphatic carbocycles. The maximum absolute atomic E-state index is 12.3. The Hall–Kier alpha value is -0.390. The van der Waals surface area contributed by atoms with Crippen LogP contribution in [0, 0.1) is 0 Å². The van der Waals surface area contributed by atoms with Gasteiger partial charge in [0.15, 0.2) is 0 Å². The van der Waals surface area contributed by atoms with Crippen LogP contribution in [0.1, 0.15) is 24.0 Å². The van der Waals surface area contributed by atoms with Crippen molar-refractivity contribution in [3.8, 4) is 0 Å². The van der Waals surface area contributed by atoms with E-state index in [1.165, 1.54) is 15.4 Å². The second-order valence-electron chi connectivity index (χ2n) is 4.65. The van der Waals surface area contributed by atoms with E-state index in [1.54, 1.807) is 13.1 Å². The van der Waals surface area contributed by atoms with Gasteiger partial charge < -0.3 is 0 Å². The first-order valence-electron chi connectivity index (χ1n) is 6.20. The summed E-state index contributed by atoms with van der Waals surface area (Å²) in [5.41, 5.74) is 2.50. The molecule has 0 aromatic heterocycles. The number of hydrogen-bond donors (Lipinski definition) is 0. The Bertz CT molecular complexity index is 528. The minimum Gasteiger partial charge on any atom is -0.207 e. The lowest BCUT2D eigenvalue weighted by Crippen LogP contribution is -2.28. The fourth-order valence-corrected chi connectivity index (χ4v) is 3.80. The third-order valence-electron chi connectivity index (χ3n) is 3.38. The zero-order valence-corrected chi connectivity index (χ0v) is 12.9. The summed E-state index contributed by atoms with van der Waals surface area (Å²) in [7, 11) is -1.68. The van der Waals surface area contributed by atoms with Crippen LogP contribution in [-0.2, 0) is 22.9 Å². The maximum Gasteiger partial charge on any atom is 0.242 e. The van der Waals surface area contributed by atoms with E-state index in [2.05, 4.69) is 15.9 Å². The number of benzene rings is 1. The normalized spacial score (nSPS) is 15.1. The van der Waals surface area contributed by atoms with Crippen molar-refractivity contribution < 1.29 is 8.42 Å². The van der Waals surface area contributed by atoms with Gasteiger partial charge in [-0.3, -0.25) is 0 Å². The van der Waals surface area contributed by atoms with E-state index >= 15 is 0 Å². The molecule has 18 heavy (non-hydrogen) atoms. The summed E-state index contributed by atoms with van der Waals surface area (Å²) in [5.74, 6) is 0. The number of alkyl halides is 1. The highest BCUT2D eigenvalue weighted by Crippen LogP contribution is 2.25. The number of sulfonamides is 1. The van der Waals surface area contributed by atoms with Gasteiger partial charge in [-0.15, -0.1) is 0 Å². The van der Waals surface area contributed by atoms with Crippen LogP contribution >= 0.6 is 15.9 Å². The number of hydrogen-bond acceptors (Lipinski definition) is 2. The average molecular weight is 332 g/mol. The van der Waals surface area contributed by atoms with Crippen molar-refractivity contribution >= 4 is 26.0 Å². The van der Waals surface area contributed by atoms with Gasteiger partial charge in [0.25, 0.3) is 0 Å². The first-order chi connectivity index (χ1) is 8.55. The monoisotopic (exact) mass is 331 g/mol. The van der Waals surface area contributed by atoms with E-state index in [1.807, 2.05) is 12.1 Å². The van der Waals surface area contributed by atoms with Crippen molar-refractivity contribution in [3.05, 3.63) is 29.3 Å². The van der Waals surface area contributed by atoms with Gasteiger partial charge >= 0.3 is 0 Å². The first-order valence-corrected chi connectivity index (χ1v) is 8.76. The van der Waals surface area contributed by atoms with Crippen LogP contribution in [0.15, 0.2) is 23.1 Å². The van der Waals surface area contributed by atoms with Crippen LogP contribution in [-0.4, -0.2) is 31.6 Å². The fraction of sp³-hybridized carbons (Fsp3) is 0.538. The van der Waals surface area contributed by atoms with E-state index in [-0.39, 0.29) is 0 Å². The van der Waals surface area contributed by atoms with Crippen molar-refractivity contribution in [3.63, 3.8) is 0 Å². The highest BCUT2D eigenvalue weighted by Gasteiger charge is 2.22. The lowest BCUT2D eigenvalue weighted by atomic mass is 10.1. The fourth-order valence-electron chi connectivity index (χ4n) is 2.29. The van der Waals surface area contributed by atoms with Crippen LogP contribution in [0.2, 0.25) is 0 Å². The number of rotatable bonds is 5. The molecule has 100 valence electrons. The minimum atomic E-state index is -3.32. The average Bonchev–Trinajstić information content (AvgIpc) is 2.82. The Morgan fingerprint density at radius 1 is 1.28 bits per heavy atom. The van der Waals surface area contributed by atoms with Gasteiger partial charge in [0.2, 0.25) is 10.0 Å². The largest absolute Gasteiger partial charge is 0.242 e. The molecule has 0 heterocycles. The highest BCUT2D eigenvalue weighted by atomic mass is 79.9. The molecule has 1 aromatic carbocycles. The molecule has 0 saturated carbocycles. The number of nitrogens with zero attached hydrogens (tertiary/aromatic N) is 1. The summed E-state index contributed by atoms with van der Waals surface area (Å²) in [4.78, 5) is 0.431. The van der Waals surface area contributed by atoms with Crippen LogP contribution < -0.4 is 0 Å². The van der Waals surface area contributed by atoms with Crippen LogP contribution in [0.5, 0.6) is 0 Å². The molecule has 5 heteroatoms. The van der Waals surface area contributed by atoms with Crippen molar-refractivity contribution in [2.75, 3.05) is 18.9 Å². The van der Waals surface area contributed by atoms with Gasteiger partial charge in [-0.05, 0) is 48.9 Å². The topological polar surface area (TPSA) is 37.4 Å². The van der Waals surface area contributed by atoms with Crippen molar-refractivity contribution in [2.45, 2.75) is 30.6 Å². The SMILES string of the molecule is CN(CCCBr)S(=O)(=O)c1ccc2c(c1)CCC2. The molecule has 3 nitrogen and oxygen atoms in total. The summed E-state index contributed by atoms with van der Waals surface area (Å²) in [6.07, 6.45) is 4.04. The highest BCUT2D eigenvalue weighted by molar-refractivity contribution is 9.09. The Kier molecular flexibility index (Phi) is 4.45. The Balaban J connectivity index is 2.24. The molecule has 0 unspecified atom stereocenters. The van der Waals surface area contributed by atoms with Gasteiger partial charge in [0.05, 0.1) is 4.90 Å². The molecule has 0 radical (unpaired) electrons. The third kappa shape index (κ3) is 2.78. The molecule has 0 spiro atoms. The first kappa shape index (κ1) is 14.0. The minimum absolute atomic E-state index is 0.431. The van der Waals surface area contributed by atoms with Gasteiger partial charge in [0, 0.05) is 18.9 Å². The van der Waals surface area contributed by atoms with Gasteiger partial charge in [-0.2, -0.15) is 0 Å². The third-order valence-corrected chi connectivity index (χ3v) is 5.80. The standard InChI is InChI=1S/C13H18BrNO2S/c1-15(9-3-8-14)18(16,17)13-7-6-11-4-2-5-12(11)10-13/h6-7,10H,2-5,8-9H2,1H3. The molecule has 1 aliphatic rings. The molecule has 0 N–H and O–H groups in total. The predicted octanol–water partition coefficient (Wildman–Crippen LogP) is 2.58. The van der Waals surface area contributed by atoms with Gasteiger partial charge in [0.1, 0.15) is 0 Å². The van der Waals surface area contributed by atoms with Crippen LogP contribution in [0.25, 0.3) is 0 Å². The van der Waals surface area contributed by atoms with Gasteiger partial charge in [-0.25, -0.2) is 12.7 Å². The summed E-state index contributed by atoms with van der Waals surface area (Å²) in [6, 6.07) is 5.56. The summed E-state index contributed by atoms with van der Waals surface area (Å²) in [6.45, 7) is 0.546. The van der Waals surface area contributed by atoms with E-state index in [0.29, 0.717) is 11.4 Å². The van der Waals surface area contributed by atoms with Crippen molar-refractivity contribution in [1.82, 2.24) is 4.31 Å². The number of halogens is 1. The Morgan fingerprint density at radius 3 is 2.72 bits per heavy atom. The Morgan fingerprint density at radius 2 is 2.00 bits per heavy atom. The number of aryl methyl sites for hydroxylation is 2. The second-order valence-corrected chi connectivity index (χ2v) is 7.49. The smallest absolute Gasteiger partial charge is 0.207 e. The maximum atomic E-state index is 12.3. The lowest BCUT2D eigenvalue weighted by molar-refractivity contribution is 0.470. The zero-order chi connectivity index (χ0) is 13.2. The molecule has 1 aromatic rings. The molecule has 0 fully saturated rings. The van der Waals surface area contributed by atoms with E-state index in [9.17, 15) is 8.42 Å². The molecular weight excluding hydrogens is 314 g/mol. The quantitative estimate of drug-likeness (QED) is 0.777. The van der Waals surface area contributed by atoms with Crippen LogP contribution in [0.4, 0.5) is 0 Å². The summed E-state index contributed by atoms with van der Waals surface area (Å²) < 4.78 is 26.1. The molecule has 0 atom stereocenters. The molecule has 0 aliphatic heterocycles. The van der Waals surface area contributed by atoms with Gasteiger partial charge in [-0.1, -0.05) is 22.0 Å². The molecule has 2 rings (SSSR count). The zero-order valence-electron chi connectivity index (χ0n) is 10.5. The van der Waals surface area contributed by atoms with Crippen molar-refractivity contribution in [2.24, 2.45) is 0 Å². The van der Waals surface area contributed by atoms with E-state index in [0.717, 1.165) is 31.0 Å². The number of fused-ring (bicyclic) bond motifs is 1. The van der Waals surface area contributed by atoms with E-state index < -0.39 is 10.0 Å². The lowest BCUT2D eigenvalue weighted by Gasteiger charge is -2.17. The molecular formula is C13H18BrNO2S. The van der Waals surface area contributed by atoms with E-state index in [4.69, 9.17) is 0 Å². The molecule has 0 saturated heterocycles. The second kappa shape index (κ2) is 5.72. The predicted molar refractivity (Wildman–Crippen MR) is 76.7 cm³/mol. The summed E-state index contributed by atoms with van der Waals surface area (Å²) in [5, 5.41) is 0.817. The molecule has 0 amide bonds. The Labute approximate surface area is 117 Å². The summed E-state index contributed by atoms with van der Waals surface area (Å²) >= 11 is 3.32. The van der Waals surface area contributed by atoms with Crippen molar-refractivity contribution in [1.29, 1.82) is 0 Å².